The van der Waals surface area contributed by atoms with Crippen LogP contribution in [0.3, 0.4) is 0 Å². The molecule has 0 saturated carbocycles. The number of aromatic nitrogens is 2. The summed E-state index contributed by atoms with van der Waals surface area (Å²) in [6.45, 7) is 3.88. The van der Waals surface area contributed by atoms with Crippen molar-refractivity contribution in [2.75, 3.05) is 20.3 Å². The molecule has 3 rings (SSSR count). The van der Waals surface area contributed by atoms with Gasteiger partial charge >= 0.3 is 0 Å². The minimum atomic E-state index is 0.00371. The van der Waals surface area contributed by atoms with E-state index < -0.39 is 0 Å². The molecule has 0 spiro atoms. The minimum Gasteiger partial charge on any atom is -0.486 e. The van der Waals surface area contributed by atoms with Crippen LogP contribution in [0.1, 0.15) is 22.0 Å². The number of ether oxygens (including phenoxy) is 2. The lowest BCUT2D eigenvalue weighted by atomic mass is 10.2. The minimum absolute atomic E-state index is 0.00371. The summed E-state index contributed by atoms with van der Waals surface area (Å²) in [6, 6.07) is 13.6. The van der Waals surface area contributed by atoms with Gasteiger partial charge in [0.15, 0.2) is 0 Å². The van der Waals surface area contributed by atoms with Crippen LogP contribution in [-0.2, 0) is 29.1 Å². The third kappa shape index (κ3) is 6.66. The molecule has 0 aliphatic heterocycles. The average molecular weight is 412 g/mol. The summed E-state index contributed by atoms with van der Waals surface area (Å²) in [6.07, 6.45) is 1.98. The first kappa shape index (κ1) is 21.0. The fraction of sp³-hybridized carbons (Fsp3) is 0.318. The Balaban J connectivity index is 1.57. The van der Waals surface area contributed by atoms with Crippen molar-refractivity contribution in [3.05, 3.63) is 76.0 Å². The molecule has 2 heterocycles. The second-order valence-corrected chi connectivity index (χ2v) is 7.58. The largest absolute Gasteiger partial charge is 0.486 e. The highest BCUT2D eigenvalue weighted by Gasteiger charge is 2.17. The van der Waals surface area contributed by atoms with Crippen molar-refractivity contribution in [1.82, 2.24) is 14.9 Å². The lowest BCUT2D eigenvalue weighted by Crippen LogP contribution is -2.35. The second kappa shape index (κ2) is 10.7. The summed E-state index contributed by atoms with van der Waals surface area (Å²) in [5.74, 6) is 0.813. The zero-order valence-corrected chi connectivity index (χ0v) is 17.5. The molecule has 0 bridgehead atoms. The van der Waals surface area contributed by atoms with Crippen LogP contribution in [0.25, 0.3) is 0 Å². The SMILES string of the molecule is COCCN(Cc1ccccn1)C(=O)Cc1csc(COc2ccc(C)cc2)n1. The predicted octanol–water partition coefficient (Wildman–Crippen LogP) is 3.64. The van der Waals surface area contributed by atoms with Crippen molar-refractivity contribution in [3.63, 3.8) is 0 Å². The molecule has 0 fully saturated rings. The van der Waals surface area contributed by atoms with E-state index in [9.17, 15) is 4.79 Å². The van der Waals surface area contributed by atoms with Gasteiger partial charge in [-0.1, -0.05) is 23.8 Å². The second-order valence-electron chi connectivity index (χ2n) is 6.64. The van der Waals surface area contributed by atoms with Crippen molar-refractivity contribution >= 4 is 17.2 Å². The molecular weight excluding hydrogens is 386 g/mol. The third-order valence-electron chi connectivity index (χ3n) is 4.31. The third-order valence-corrected chi connectivity index (χ3v) is 5.18. The average Bonchev–Trinajstić information content (AvgIpc) is 3.18. The highest BCUT2D eigenvalue weighted by Crippen LogP contribution is 2.17. The van der Waals surface area contributed by atoms with Crippen LogP contribution in [0.4, 0.5) is 0 Å². The first-order valence-corrected chi connectivity index (χ1v) is 10.3. The van der Waals surface area contributed by atoms with E-state index in [-0.39, 0.29) is 12.3 Å². The number of carbonyl (C=O) groups excluding carboxylic acids is 1. The quantitative estimate of drug-likeness (QED) is 0.510. The molecule has 6 nitrogen and oxygen atoms in total. The van der Waals surface area contributed by atoms with E-state index in [0.29, 0.717) is 26.3 Å². The zero-order valence-electron chi connectivity index (χ0n) is 16.7. The van der Waals surface area contributed by atoms with Crippen LogP contribution in [0.2, 0.25) is 0 Å². The van der Waals surface area contributed by atoms with Gasteiger partial charge in [0.05, 0.1) is 31.0 Å². The van der Waals surface area contributed by atoms with Gasteiger partial charge in [0.2, 0.25) is 5.91 Å². The molecule has 0 aliphatic carbocycles. The predicted molar refractivity (Wildman–Crippen MR) is 113 cm³/mol. The van der Waals surface area contributed by atoms with E-state index in [1.807, 2.05) is 54.8 Å². The van der Waals surface area contributed by atoms with Crippen molar-refractivity contribution in [2.45, 2.75) is 26.5 Å². The molecule has 29 heavy (non-hydrogen) atoms. The monoisotopic (exact) mass is 411 g/mol. The summed E-state index contributed by atoms with van der Waals surface area (Å²) in [5.41, 5.74) is 2.80. The Hall–Kier alpha value is -2.77. The maximum Gasteiger partial charge on any atom is 0.229 e. The van der Waals surface area contributed by atoms with Gasteiger partial charge in [0, 0.05) is 25.2 Å². The molecule has 7 heteroatoms. The Morgan fingerprint density at radius 3 is 2.69 bits per heavy atom. The van der Waals surface area contributed by atoms with E-state index in [2.05, 4.69) is 9.97 Å². The number of nitrogens with zero attached hydrogens (tertiary/aromatic N) is 3. The number of methoxy groups -OCH3 is 1. The molecule has 1 aromatic carbocycles. The summed E-state index contributed by atoms with van der Waals surface area (Å²) < 4.78 is 10.9. The Labute approximate surface area is 175 Å². The summed E-state index contributed by atoms with van der Waals surface area (Å²) in [7, 11) is 1.63. The number of amides is 1. The fourth-order valence-corrected chi connectivity index (χ4v) is 3.43. The Bertz CT molecular complexity index is 897. The van der Waals surface area contributed by atoms with Gasteiger partial charge in [-0.3, -0.25) is 9.78 Å². The molecule has 0 radical (unpaired) electrons. The molecule has 0 aliphatic rings. The molecule has 152 valence electrons. The fourth-order valence-electron chi connectivity index (χ4n) is 2.72. The summed E-state index contributed by atoms with van der Waals surface area (Å²) >= 11 is 1.50. The maximum atomic E-state index is 12.8. The number of rotatable bonds is 10. The van der Waals surface area contributed by atoms with Gasteiger partial charge in [-0.25, -0.2) is 4.98 Å². The molecule has 0 unspecified atom stereocenters. The van der Waals surface area contributed by atoms with Crippen LogP contribution < -0.4 is 4.74 Å². The van der Waals surface area contributed by atoms with E-state index >= 15 is 0 Å². The zero-order chi connectivity index (χ0) is 20.5. The van der Waals surface area contributed by atoms with Crippen molar-refractivity contribution in [2.24, 2.45) is 0 Å². The van der Waals surface area contributed by atoms with Crippen LogP contribution in [0, 0.1) is 6.92 Å². The molecule has 0 N–H and O–H groups in total. The van der Waals surface area contributed by atoms with E-state index in [1.54, 1.807) is 18.2 Å². The molecule has 0 atom stereocenters. The van der Waals surface area contributed by atoms with Crippen molar-refractivity contribution < 1.29 is 14.3 Å². The number of aryl methyl sites for hydroxylation is 1. The normalized spacial score (nSPS) is 10.7. The van der Waals surface area contributed by atoms with Gasteiger partial charge < -0.3 is 14.4 Å². The number of pyridine rings is 1. The van der Waals surface area contributed by atoms with E-state index in [4.69, 9.17) is 9.47 Å². The molecule has 2 aromatic heterocycles. The molecule has 3 aromatic rings. The van der Waals surface area contributed by atoms with Gasteiger partial charge in [-0.05, 0) is 31.2 Å². The van der Waals surface area contributed by atoms with Crippen LogP contribution >= 0.6 is 11.3 Å². The number of carbonyl (C=O) groups is 1. The standard InChI is InChI=1S/C22H25N3O3S/c1-17-6-8-20(9-7-17)28-15-21-24-19(16-29-21)13-22(26)25(11-12-27-2)14-18-5-3-4-10-23-18/h3-10,16H,11-15H2,1-2H3. The first-order chi connectivity index (χ1) is 14.1. The van der Waals surface area contributed by atoms with Crippen LogP contribution in [-0.4, -0.2) is 41.0 Å². The lowest BCUT2D eigenvalue weighted by molar-refractivity contribution is -0.131. The molecule has 0 saturated heterocycles. The van der Waals surface area contributed by atoms with Crippen LogP contribution in [0.15, 0.2) is 54.0 Å². The van der Waals surface area contributed by atoms with Crippen molar-refractivity contribution in [3.8, 4) is 5.75 Å². The van der Waals surface area contributed by atoms with Gasteiger partial charge in [0.25, 0.3) is 0 Å². The van der Waals surface area contributed by atoms with E-state index in [1.165, 1.54) is 16.9 Å². The van der Waals surface area contributed by atoms with Crippen LogP contribution in [0.5, 0.6) is 5.75 Å². The number of thiazole rings is 1. The number of benzene rings is 1. The summed E-state index contributed by atoms with van der Waals surface area (Å²) in [5, 5.41) is 2.77. The van der Waals surface area contributed by atoms with Crippen molar-refractivity contribution in [1.29, 1.82) is 0 Å². The lowest BCUT2D eigenvalue weighted by Gasteiger charge is -2.21. The Morgan fingerprint density at radius 1 is 1.14 bits per heavy atom. The molecular formula is C22H25N3O3S. The Kier molecular flexibility index (Phi) is 7.72. The van der Waals surface area contributed by atoms with E-state index in [0.717, 1.165) is 22.1 Å². The van der Waals surface area contributed by atoms with Gasteiger partial charge in [-0.15, -0.1) is 11.3 Å². The first-order valence-electron chi connectivity index (χ1n) is 9.43. The topological polar surface area (TPSA) is 64.5 Å². The van der Waals surface area contributed by atoms with Gasteiger partial charge in [0.1, 0.15) is 17.4 Å². The smallest absolute Gasteiger partial charge is 0.229 e. The number of hydrogen-bond donors (Lipinski definition) is 0. The summed E-state index contributed by atoms with van der Waals surface area (Å²) in [4.78, 5) is 23.4. The molecule has 1 amide bonds. The highest BCUT2D eigenvalue weighted by atomic mass is 32.1. The maximum absolute atomic E-state index is 12.8. The highest BCUT2D eigenvalue weighted by molar-refractivity contribution is 7.09. The number of hydrogen-bond acceptors (Lipinski definition) is 6. The Morgan fingerprint density at radius 2 is 1.97 bits per heavy atom. The van der Waals surface area contributed by atoms with Gasteiger partial charge in [-0.2, -0.15) is 0 Å².